The molecule has 8 heteroatoms. The van der Waals surface area contributed by atoms with Gasteiger partial charge in [0.1, 0.15) is 11.6 Å². The molecule has 0 aliphatic carbocycles. The van der Waals surface area contributed by atoms with Gasteiger partial charge >= 0.3 is 0 Å². The Hall–Kier alpha value is -2.12. The summed E-state index contributed by atoms with van der Waals surface area (Å²) in [7, 11) is 1.60. The molecule has 0 radical (unpaired) electrons. The smallest absolute Gasteiger partial charge is 0.296 e. The summed E-state index contributed by atoms with van der Waals surface area (Å²) in [6.07, 6.45) is 0.540. The molecular formula is C16H15BrClN3O3. The van der Waals surface area contributed by atoms with E-state index in [1.54, 1.807) is 13.2 Å². The van der Waals surface area contributed by atoms with E-state index in [0.29, 0.717) is 10.9 Å². The average molecular weight is 413 g/mol. The topological polar surface area (TPSA) is 90.8 Å². The molecule has 2 rings (SSSR count). The van der Waals surface area contributed by atoms with Crippen LogP contribution in [-0.2, 0) is 6.42 Å². The molecule has 2 aromatic rings. The number of nitro groups is 1. The van der Waals surface area contributed by atoms with E-state index < -0.39 is 4.92 Å². The maximum atomic E-state index is 11.4. The van der Waals surface area contributed by atoms with Gasteiger partial charge in [-0.2, -0.15) is 0 Å². The van der Waals surface area contributed by atoms with Crippen molar-refractivity contribution in [2.24, 2.45) is 10.7 Å². The van der Waals surface area contributed by atoms with E-state index in [0.717, 1.165) is 16.9 Å². The molecule has 0 heterocycles. The lowest BCUT2D eigenvalue weighted by Crippen LogP contribution is -2.12. The van der Waals surface area contributed by atoms with Crippen LogP contribution in [0.5, 0.6) is 5.75 Å². The predicted octanol–water partition coefficient (Wildman–Crippen LogP) is 4.18. The van der Waals surface area contributed by atoms with E-state index in [1.807, 2.05) is 24.3 Å². The highest BCUT2D eigenvalue weighted by Crippen LogP contribution is 2.37. The fourth-order valence-corrected chi connectivity index (χ4v) is 2.79. The van der Waals surface area contributed by atoms with Crippen LogP contribution in [0.3, 0.4) is 0 Å². The molecule has 0 aliphatic rings. The van der Waals surface area contributed by atoms with Gasteiger partial charge in [-0.1, -0.05) is 12.1 Å². The van der Waals surface area contributed by atoms with Crippen LogP contribution in [0.15, 0.2) is 45.9 Å². The SMILES string of the molecule is COc1ccc(Cc2cc(Br)c(N=C(N)CCl)c([N+](=O)[O-])c2)cc1. The number of halogens is 2. The molecule has 0 saturated heterocycles. The van der Waals surface area contributed by atoms with Crippen LogP contribution in [0, 0.1) is 10.1 Å². The molecule has 2 aromatic carbocycles. The zero-order valence-electron chi connectivity index (χ0n) is 12.8. The van der Waals surface area contributed by atoms with Gasteiger partial charge in [0.05, 0.1) is 22.4 Å². The van der Waals surface area contributed by atoms with Crippen LogP contribution < -0.4 is 10.5 Å². The summed E-state index contributed by atoms with van der Waals surface area (Å²) < 4.78 is 5.61. The lowest BCUT2D eigenvalue weighted by molar-refractivity contribution is -0.384. The third-order valence-electron chi connectivity index (χ3n) is 3.26. The summed E-state index contributed by atoms with van der Waals surface area (Å²) in [5.41, 5.74) is 7.42. The molecule has 126 valence electrons. The van der Waals surface area contributed by atoms with Crippen molar-refractivity contribution >= 4 is 44.7 Å². The molecule has 0 aromatic heterocycles. The minimum Gasteiger partial charge on any atom is -0.497 e. The Morgan fingerprint density at radius 3 is 2.54 bits per heavy atom. The lowest BCUT2D eigenvalue weighted by atomic mass is 10.0. The Kier molecular flexibility index (Phi) is 6.16. The second-order valence-corrected chi connectivity index (χ2v) is 6.09. The maximum absolute atomic E-state index is 11.4. The first kappa shape index (κ1) is 18.2. The summed E-state index contributed by atoms with van der Waals surface area (Å²) in [6, 6.07) is 10.8. The predicted molar refractivity (Wildman–Crippen MR) is 98.6 cm³/mol. The molecule has 0 bridgehead atoms. The van der Waals surface area contributed by atoms with Crippen molar-refractivity contribution in [2.75, 3.05) is 13.0 Å². The van der Waals surface area contributed by atoms with E-state index >= 15 is 0 Å². The number of aliphatic imine (C=N–C) groups is 1. The normalized spacial score (nSPS) is 11.4. The van der Waals surface area contributed by atoms with Gasteiger partial charge in [-0.25, -0.2) is 4.99 Å². The number of hydrogen-bond donors (Lipinski definition) is 1. The second kappa shape index (κ2) is 8.12. The molecule has 0 amide bonds. The Balaban J connectivity index is 2.39. The zero-order chi connectivity index (χ0) is 17.7. The Morgan fingerprint density at radius 1 is 1.33 bits per heavy atom. The molecule has 0 fully saturated rings. The van der Waals surface area contributed by atoms with Crippen LogP contribution in [0.4, 0.5) is 11.4 Å². The van der Waals surface area contributed by atoms with Crippen LogP contribution in [0.25, 0.3) is 0 Å². The molecule has 6 nitrogen and oxygen atoms in total. The van der Waals surface area contributed by atoms with E-state index in [1.165, 1.54) is 6.07 Å². The maximum Gasteiger partial charge on any atom is 0.296 e. The minimum absolute atomic E-state index is 0.00278. The van der Waals surface area contributed by atoms with Crippen molar-refractivity contribution in [1.29, 1.82) is 0 Å². The lowest BCUT2D eigenvalue weighted by Gasteiger charge is -2.08. The van der Waals surface area contributed by atoms with E-state index in [9.17, 15) is 10.1 Å². The van der Waals surface area contributed by atoms with Crippen LogP contribution >= 0.6 is 27.5 Å². The minimum atomic E-state index is -0.484. The molecule has 0 atom stereocenters. The summed E-state index contributed by atoms with van der Waals surface area (Å²) in [5.74, 6) is 0.868. The summed E-state index contributed by atoms with van der Waals surface area (Å²) in [6.45, 7) is 0. The highest BCUT2D eigenvalue weighted by Gasteiger charge is 2.19. The molecule has 2 N–H and O–H groups in total. The van der Waals surface area contributed by atoms with Crippen molar-refractivity contribution in [3.63, 3.8) is 0 Å². The quantitative estimate of drug-likeness (QED) is 0.253. The standard InChI is InChI=1S/C16H15BrClN3O3/c1-24-12-4-2-10(3-5-12)6-11-7-13(17)16(20-15(19)9-18)14(8-11)21(22)23/h2-5,7-8H,6,9H2,1H3,(H2,19,20). The van der Waals surface area contributed by atoms with Gasteiger partial charge < -0.3 is 10.5 Å². The molecule has 0 spiro atoms. The Morgan fingerprint density at radius 2 is 2.00 bits per heavy atom. The van der Waals surface area contributed by atoms with Crippen molar-refractivity contribution in [1.82, 2.24) is 0 Å². The van der Waals surface area contributed by atoms with Crippen molar-refractivity contribution in [3.05, 3.63) is 62.1 Å². The first-order valence-corrected chi connectivity index (χ1v) is 8.26. The monoisotopic (exact) mass is 411 g/mol. The largest absolute Gasteiger partial charge is 0.497 e. The summed E-state index contributed by atoms with van der Waals surface area (Å²) >= 11 is 8.93. The van der Waals surface area contributed by atoms with Gasteiger partial charge in [0.15, 0.2) is 5.69 Å². The van der Waals surface area contributed by atoms with Gasteiger partial charge in [0, 0.05) is 6.07 Å². The number of rotatable bonds is 6. The number of nitrogens with two attached hydrogens (primary N) is 1. The molecular weight excluding hydrogens is 398 g/mol. The second-order valence-electron chi connectivity index (χ2n) is 4.96. The van der Waals surface area contributed by atoms with Crippen LogP contribution in [-0.4, -0.2) is 23.7 Å². The summed E-state index contributed by atoms with van der Waals surface area (Å²) in [5, 5.41) is 11.4. The van der Waals surface area contributed by atoms with Crippen molar-refractivity contribution < 1.29 is 9.66 Å². The third kappa shape index (κ3) is 4.46. The first-order chi connectivity index (χ1) is 11.4. The van der Waals surface area contributed by atoms with E-state index in [-0.39, 0.29) is 23.1 Å². The van der Waals surface area contributed by atoms with Crippen molar-refractivity contribution in [2.45, 2.75) is 6.42 Å². The molecule has 24 heavy (non-hydrogen) atoms. The molecule has 0 unspecified atom stereocenters. The van der Waals surface area contributed by atoms with Crippen LogP contribution in [0.2, 0.25) is 0 Å². The fourth-order valence-electron chi connectivity index (χ4n) is 2.14. The van der Waals surface area contributed by atoms with Gasteiger partial charge in [-0.3, -0.25) is 10.1 Å². The van der Waals surface area contributed by atoms with E-state index in [4.69, 9.17) is 22.1 Å². The van der Waals surface area contributed by atoms with Crippen molar-refractivity contribution in [3.8, 4) is 5.75 Å². The Labute approximate surface area is 152 Å². The Bertz CT molecular complexity index is 779. The van der Waals surface area contributed by atoms with Gasteiger partial charge in [-0.05, 0) is 51.7 Å². The van der Waals surface area contributed by atoms with Crippen LogP contribution in [0.1, 0.15) is 11.1 Å². The number of benzene rings is 2. The fraction of sp³-hybridized carbons (Fsp3) is 0.188. The number of amidine groups is 1. The number of ether oxygens (including phenoxy) is 1. The highest BCUT2D eigenvalue weighted by molar-refractivity contribution is 9.10. The zero-order valence-corrected chi connectivity index (χ0v) is 15.2. The average Bonchev–Trinajstić information content (AvgIpc) is 2.57. The number of methoxy groups -OCH3 is 1. The number of hydrogen-bond acceptors (Lipinski definition) is 4. The van der Waals surface area contributed by atoms with Gasteiger partial charge in [0.2, 0.25) is 0 Å². The summed E-state index contributed by atoms with van der Waals surface area (Å²) in [4.78, 5) is 14.9. The van der Waals surface area contributed by atoms with Gasteiger partial charge in [0.25, 0.3) is 5.69 Å². The number of nitro benzene ring substituents is 1. The molecule has 0 saturated carbocycles. The third-order valence-corrected chi connectivity index (χ3v) is 4.14. The van der Waals surface area contributed by atoms with E-state index in [2.05, 4.69) is 20.9 Å². The molecule has 0 aliphatic heterocycles. The number of alkyl halides is 1. The van der Waals surface area contributed by atoms with Gasteiger partial charge in [-0.15, -0.1) is 11.6 Å². The first-order valence-electron chi connectivity index (χ1n) is 6.93. The highest BCUT2D eigenvalue weighted by atomic mass is 79.9. The number of nitrogens with zero attached hydrogens (tertiary/aromatic N) is 2.